The molecule has 6 heteroatoms. The van der Waals surface area contributed by atoms with Crippen LogP contribution in [0.25, 0.3) is 0 Å². The average molecular weight is 405 g/mol. The first-order valence-electron chi connectivity index (χ1n) is 9.44. The quantitative estimate of drug-likeness (QED) is 0.566. The molecule has 6 nitrogen and oxygen atoms in total. The van der Waals surface area contributed by atoms with Crippen LogP contribution in [-0.4, -0.2) is 25.6 Å². The van der Waals surface area contributed by atoms with Gasteiger partial charge in [-0.2, -0.15) is 0 Å². The number of hydrogen-bond acceptors (Lipinski definition) is 5. The summed E-state index contributed by atoms with van der Waals surface area (Å²) >= 11 is 0. The van der Waals surface area contributed by atoms with Crippen LogP contribution >= 0.6 is 0 Å². The highest BCUT2D eigenvalue weighted by atomic mass is 16.6. The molecule has 0 aliphatic heterocycles. The summed E-state index contributed by atoms with van der Waals surface area (Å²) in [5, 5.41) is 2.79. The van der Waals surface area contributed by atoms with Gasteiger partial charge in [-0.05, 0) is 43.3 Å². The van der Waals surface area contributed by atoms with E-state index in [4.69, 9.17) is 14.2 Å². The van der Waals surface area contributed by atoms with Crippen LogP contribution in [0.5, 0.6) is 11.5 Å². The fourth-order valence-corrected chi connectivity index (χ4v) is 2.73. The van der Waals surface area contributed by atoms with Gasteiger partial charge in [0.15, 0.2) is 6.61 Å². The third kappa shape index (κ3) is 5.85. The lowest BCUT2D eigenvalue weighted by atomic mass is 10.1. The molecule has 0 aliphatic carbocycles. The summed E-state index contributed by atoms with van der Waals surface area (Å²) in [7, 11) is 1.57. The zero-order valence-corrected chi connectivity index (χ0v) is 16.8. The second-order valence-electron chi connectivity index (χ2n) is 6.60. The molecule has 0 radical (unpaired) electrons. The van der Waals surface area contributed by atoms with Crippen molar-refractivity contribution in [3.63, 3.8) is 0 Å². The largest absolute Gasteiger partial charge is 0.497 e. The van der Waals surface area contributed by atoms with Crippen molar-refractivity contribution in [2.75, 3.05) is 19.0 Å². The molecule has 0 saturated heterocycles. The first-order chi connectivity index (χ1) is 14.5. The molecular formula is C24H23NO5. The molecule has 1 N–H and O–H groups in total. The highest BCUT2D eigenvalue weighted by Crippen LogP contribution is 2.21. The van der Waals surface area contributed by atoms with E-state index in [1.807, 2.05) is 25.1 Å². The van der Waals surface area contributed by atoms with Gasteiger partial charge in [-0.25, -0.2) is 4.79 Å². The number of ether oxygens (including phenoxy) is 3. The highest BCUT2D eigenvalue weighted by molar-refractivity contribution is 5.96. The topological polar surface area (TPSA) is 73.9 Å². The number of amides is 1. The van der Waals surface area contributed by atoms with Crippen LogP contribution in [0.4, 0.5) is 5.69 Å². The molecule has 154 valence electrons. The molecule has 3 aromatic carbocycles. The maximum absolute atomic E-state index is 12.8. The van der Waals surface area contributed by atoms with Crippen LogP contribution in [0, 0.1) is 6.92 Å². The van der Waals surface area contributed by atoms with Crippen LogP contribution in [0.3, 0.4) is 0 Å². The van der Waals surface area contributed by atoms with Crippen molar-refractivity contribution in [2.24, 2.45) is 0 Å². The first kappa shape index (κ1) is 20.9. The maximum atomic E-state index is 12.8. The number of carbonyl (C=O) groups excluding carboxylic acids is 2. The molecule has 0 unspecified atom stereocenters. The van der Waals surface area contributed by atoms with E-state index in [1.165, 1.54) is 0 Å². The lowest BCUT2D eigenvalue weighted by Gasteiger charge is -2.18. The predicted molar refractivity (Wildman–Crippen MR) is 114 cm³/mol. The fourth-order valence-electron chi connectivity index (χ4n) is 2.73. The number of methoxy groups -OCH3 is 1. The van der Waals surface area contributed by atoms with E-state index in [9.17, 15) is 9.59 Å². The zero-order valence-electron chi connectivity index (χ0n) is 16.8. The summed E-state index contributed by atoms with van der Waals surface area (Å²) < 4.78 is 16.0. The average Bonchev–Trinajstić information content (AvgIpc) is 2.78. The standard InChI is InChI=1S/C24H23NO5/c1-17-8-10-19(11-9-17)25-24(27)23(18-6-4-3-5-7-18)30-22(26)16-29-21-14-12-20(28-2)13-15-21/h3-15,23H,16H2,1-2H3,(H,25,27)/t23-/m0/s1. The molecule has 1 atom stereocenters. The smallest absolute Gasteiger partial charge is 0.345 e. The molecule has 0 bridgehead atoms. The van der Waals surface area contributed by atoms with Crippen LogP contribution < -0.4 is 14.8 Å². The minimum absolute atomic E-state index is 0.326. The number of carbonyl (C=O) groups is 2. The number of anilines is 1. The van der Waals surface area contributed by atoms with Gasteiger partial charge in [-0.1, -0.05) is 48.0 Å². The summed E-state index contributed by atoms with van der Waals surface area (Å²) in [6, 6.07) is 23.0. The Balaban J connectivity index is 1.66. The third-order valence-corrected chi connectivity index (χ3v) is 4.32. The Morgan fingerprint density at radius 1 is 0.867 bits per heavy atom. The molecule has 1 amide bonds. The molecule has 0 aromatic heterocycles. The van der Waals surface area contributed by atoms with E-state index < -0.39 is 18.0 Å². The molecular weight excluding hydrogens is 382 g/mol. The predicted octanol–water partition coefficient (Wildman–Crippen LogP) is 4.31. The van der Waals surface area contributed by atoms with E-state index in [2.05, 4.69) is 5.32 Å². The number of aryl methyl sites for hydroxylation is 1. The number of benzene rings is 3. The van der Waals surface area contributed by atoms with Crippen molar-refractivity contribution in [2.45, 2.75) is 13.0 Å². The van der Waals surface area contributed by atoms with Gasteiger partial charge in [0, 0.05) is 11.3 Å². The van der Waals surface area contributed by atoms with Crippen LogP contribution in [-0.2, 0) is 14.3 Å². The van der Waals surface area contributed by atoms with Gasteiger partial charge < -0.3 is 19.5 Å². The van der Waals surface area contributed by atoms with Gasteiger partial charge in [-0.15, -0.1) is 0 Å². The Kier molecular flexibility index (Phi) is 7.05. The van der Waals surface area contributed by atoms with Crippen molar-refractivity contribution >= 4 is 17.6 Å². The van der Waals surface area contributed by atoms with E-state index in [0.29, 0.717) is 22.7 Å². The summed E-state index contributed by atoms with van der Waals surface area (Å²) in [5.41, 5.74) is 2.27. The molecule has 3 rings (SSSR count). The molecule has 3 aromatic rings. The van der Waals surface area contributed by atoms with Crippen molar-refractivity contribution in [3.05, 3.63) is 90.0 Å². The Hall–Kier alpha value is -3.80. The van der Waals surface area contributed by atoms with Crippen molar-refractivity contribution in [1.82, 2.24) is 0 Å². The SMILES string of the molecule is COc1ccc(OCC(=O)O[C@H](C(=O)Nc2ccc(C)cc2)c2ccccc2)cc1. The fraction of sp³-hybridized carbons (Fsp3) is 0.167. The van der Waals surface area contributed by atoms with Crippen LogP contribution in [0.1, 0.15) is 17.2 Å². The summed E-state index contributed by atoms with van der Waals surface area (Å²) in [6.45, 7) is 1.64. The monoisotopic (exact) mass is 405 g/mol. The van der Waals surface area contributed by atoms with Crippen molar-refractivity contribution in [1.29, 1.82) is 0 Å². The number of hydrogen-bond donors (Lipinski definition) is 1. The third-order valence-electron chi connectivity index (χ3n) is 4.32. The Labute approximate surface area is 175 Å². The molecule has 0 saturated carbocycles. The summed E-state index contributed by atoms with van der Waals surface area (Å²) in [6.07, 6.45) is -1.10. The number of rotatable bonds is 8. The Morgan fingerprint density at radius 2 is 1.50 bits per heavy atom. The lowest BCUT2D eigenvalue weighted by Crippen LogP contribution is -2.28. The Morgan fingerprint density at radius 3 is 2.13 bits per heavy atom. The Bertz CT molecular complexity index is 969. The van der Waals surface area contributed by atoms with E-state index in [0.717, 1.165) is 5.56 Å². The van der Waals surface area contributed by atoms with Gasteiger partial charge in [0.25, 0.3) is 5.91 Å². The molecule has 0 fully saturated rings. The van der Waals surface area contributed by atoms with Crippen molar-refractivity contribution in [3.8, 4) is 11.5 Å². The van der Waals surface area contributed by atoms with Crippen LogP contribution in [0.2, 0.25) is 0 Å². The number of esters is 1. The van der Waals surface area contributed by atoms with E-state index in [1.54, 1.807) is 67.8 Å². The second-order valence-corrected chi connectivity index (χ2v) is 6.60. The maximum Gasteiger partial charge on any atom is 0.345 e. The van der Waals surface area contributed by atoms with Crippen LogP contribution in [0.15, 0.2) is 78.9 Å². The van der Waals surface area contributed by atoms with Crippen molar-refractivity contribution < 1.29 is 23.8 Å². The van der Waals surface area contributed by atoms with Gasteiger partial charge in [0.2, 0.25) is 6.10 Å². The lowest BCUT2D eigenvalue weighted by molar-refractivity contribution is -0.156. The molecule has 0 spiro atoms. The van der Waals surface area contributed by atoms with Gasteiger partial charge in [0.1, 0.15) is 11.5 Å². The normalized spacial score (nSPS) is 11.3. The minimum Gasteiger partial charge on any atom is -0.497 e. The summed E-state index contributed by atoms with van der Waals surface area (Å²) in [4.78, 5) is 25.2. The molecule has 30 heavy (non-hydrogen) atoms. The zero-order chi connectivity index (χ0) is 21.3. The number of nitrogens with one attached hydrogen (secondary N) is 1. The summed E-state index contributed by atoms with van der Waals surface area (Å²) in [5.74, 6) is 0.0801. The second kappa shape index (κ2) is 10.1. The molecule has 0 heterocycles. The first-order valence-corrected chi connectivity index (χ1v) is 9.44. The molecule has 0 aliphatic rings. The van der Waals surface area contributed by atoms with E-state index in [-0.39, 0.29) is 6.61 Å². The van der Waals surface area contributed by atoms with E-state index >= 15 is 0 Å². The van der Waals surface area contributed by atoms with Gasteiger partial charge in [0.05, 0.1) is 7.11 Å². The van der Waals surface area contributed by atoms with Gasteiger partial charge >= 0.3 is 5.97 Å². The minimum atomic E-state index is -1.10. The highest BCUT2D eigenvalue weighted by Gasteiger charge is 2.25. The van der Waals surface area contributed by atoms with Gasteiger partial charge in [-0.3, -0.25) is 4.79 Å².